The molecule has 21 heavy (non-hydrogen) atoms. The molecule has 2 aliphatic rings. The Bertz CT molecular complexity index is 376. The molecule has 5 atom stereocenters. The predicted molar refractivity (Wildman–Crippen MR) is 81.3 cm³/mol. The Morgan fingerprint density at radius 1 is 1.48 bits per heavy atom. The van der Waals surface area contributed by atoms with Crippen molar-refractivity contribution < 1.29 is 25.0 Å². The molecule has 0 radical (unpaired) electrons. The van der Waals surface area contributed by atoms with E-state index in [1.54, 1.807) is 7.11 Å². The summed E-state index contributed by atoms with van der Waals surface area (Å²) in [4.78, 5) is 4.42. The Morgan fingerprint density at radius 3 is 2.90 bits per heavy atom. The number of aliphatic hydroxyl groups excluding tert-OH is 2. The molecular formula is C12H23ClN3O4S+. The number of aliphatic imine (C=N–C) groups is 1. The van der Waals surface area contributed by atoms with Gasteiger partial charge in [-0.15, -0.1) is 0 Å². The zero-order valence-corrected chi connectivity index (χ0v) is 13.8. The number of fused-ring (bicyclic) bond motifs is 1. The molecule has 0 bridgehead atoms. The van der Waals surface area contributed by atoms with Crippen molar-refractivity contribution in [2.45, 2.75) is 36.7 Å². The molecule has 122 valence electrons. The molecule has 9 heteroatoms. The van der Waals surface area contributed by atoms with Gasteiger partial charge in [-0.3, -0.25) is 5.32 Å². The lowest BCUT2D eigenvalue weighted by atomic mass is 9.98. The number of hydrogen-bond donors (Lipinski definition) is 3. The van der Waals surface area contributed by atoms with Crippen LogP contribution >= 0.6 is 23.5 Å². The summed E-state index contributed by atoms with van der Waals surface area (Å²) >= 11 is 7.55. The molecule has 0 unspecified atom stereocenters. The van der Waals surface area contributed by atoms with E-state index in [0.29, 0.717) is 19.7 Å². The number of methoxy groups -OCH3 is 1. The number of hydrogen-bond acceptors (Lipinski definition) is 7. The van der Waals surface area contributed by atoms with Crippen LogP contribution in [0.25, 0.3) is 0 Å². The maximum atomic E-state index is 10.2. The molecule has 7 nitrogen and oxygen atoms in total. The van der Waals surface area contributed by atoms with Crippen LogP contribution in [0.2, 0.25) is 0 Å². The Labute approximate surface area is 133 Å². The second kappa shape index (κ2) is 8.07. The van der Waals surface area contributed by atoms with Gasteiger partial charge in [0.25, 0.3) is 5.17 Å². The van der Waals surface area contributed by atoms with E-state index in [4.69, 9.17) is 21.3 Å². The van der Waals surface area contributed by atoms with E-state index in [1.165, 1.54) is 16.2 Å². The number of amidine groups is 1. The Kier molecular flexibility index (Phi) is 6.70. The highest BCUT2D eigenvalue weighted by Gasteiger charge is 2.49. The highest BCUT2D eigenvalue weighted by Crippen LogP contribution is 2.35. The van der Waals surface area contributed by atoms with E-state index >= 15 is 0 Å². The minimum absolute atomic E-state index is 0.265. The van der Waals surface area contributed by atoms with Crippen molar-refractivity contribution in [3.8, 4) is 0 Å². The van der Waals surface area contributed by atoms with E-state index in [-0.39, 0.29) is 5.44 Å². The largest absolute Gasteiger partial charge is 0.388 e. The van der Waals surface area contributed by atoms with Gasteiger partial charge in [0, 0.05) is 20.2 Å². The fourth-order valence-corrected chi connectivity index (χ4v) is 3.80. The number of ether oxygens (including phenoxy) is 2. The summed E-state index contributed by atoms with van der Waals surface area (Å²) in [6, 6.07) is -0.415. The number of rotatable bonds is 6. The van der Waals surface area contributed by atoms with Gasteiger partial charge in [0.1, 0.15) is 29.8 Å². The number of halogens is 1. The molecule has 1 saturated heterocycles. The second-order valence-corrected chi connectivity index (χ2v) is 6.67. The molecule has 2 rings (SSSR count). The first-order chi connectivity index (χ1) is 10.1. The summed E-state index contributed by atoms with van der Waals surface area (Å²) in [5, 5.41) is 23.3. The first-order valence-corrected chi connectivity index (χ1v) is 8.27. The normalized spacial score (nSPS) is 35.9. The predicted octanol–water partition coefficient (Wildman–Crippen LogP) is -1.41. The van der Waals surface area contributed by atoms with Crippen LogP contribution in [0, 0.1) is 0 Å². The van der Waals surface area contributed by atoms with Crippen LogP contribution in [0.3, 0.4) is 0 Å². The smallest absolute Gasteiger partial charge is 0.258 e. The van der Waals surface area contributed by atoms with Gasteiger partial charge in [0.2, 0.25) is 0 Å². The van der Waals surface area contributed by atoms with Gasteiger partial charge in [0.15, 0.2) is 0 Å². The molecule has 2 heterocycles. The third-order valence-corrected chi connectivity index (χ3v) is 4.92. The van der Waals surface area contributed by atoms with Crippen LogP contribution in [-0.2, 0) is 9.47 Å². The van der Waals surface area contributed by atoms with Crippen molar-refractivity contribution in [3.63, 3.8) is 0 Å². The molecule has 4 N–H and O–H groups in total. The third-order valence-electron chi connectivity index (χ3n) is 3.48. The zero-order valence-electron chi connectivity index (χ0n) is 12.2. The van der Waals surface area contributed by atoms with E-state index in [2.05, 4.69) is 4.99 Å². The molecular weight excluding hydrogens is 318 g/mol. The molecule has 0 aliphatic carbocycles. The molecule has 0 amide bonds. The van der Waals surface area contributed by atoms with Gasteiger partial charge in [-0.25, -0.2) is 9.41 Å². The molecule has 0 spiro atoms. The zero-order chi connectivity index (χ0) is 15.4. The maximum Gasteiger partial charge on any atom is 0.258 e. The Morgan fingerprint density at radius 2 is 2.24 bits per heavy atom. The van der Waals surface area contributed by atoms with Crippen molar-refractivity contribution in [2.24, 2.45) is 4.99 Å². The van der Waals surface area contributed by atoms with E-state index < -0.39 is 24.4 Å². The number of quaternary nitrogens is 1. The lowest BCUT2D eigenvalue weighted by Gasteiger charge is -2.38. The van der Waals surface area contributed by atoms with Crippen LogP contribution in [-0.4, -0.2) is 82.9 Å². The first-order valence-electron chi connectivity index (χ1n) is 7.05. The SMILES string of the molecule is CC[NH2+]C1=N[C@@H]2[C@@H](O)[C@H](O)[C@@H](CN(Cl)CCOC)O[C@@H]2S1. The molecule has 0 saturated carbocycles. The fraction of sp³-hybridized carbons (Fsp3) is 0.917. The summed E-state index contributed by atoms with van der Waals surface area (Å²) < 4.78 is 12.3. The fourth-order valence-electron chi connectivity index (χ4n) is 2.35. The van der Waals surface area contributed by atoms with Gasteiger partial charge in [-0.05, 0) is 30.5 Å². The van der Waals surface area contributed by atoms with Crippen LogP contribution in [0.5, 0.6) is 0 Å². The van der Waals surface area contributed by atoms with Crippen molar-refractivity contribution in [2.75, 3.05) is 33.4 Å². The van der Waals surface area contributed by atoms with Crippen LogP contribution < -0.4 is 5.32 Å². The number of nitrogens with two attached hydrogens (primary N) is 1. The summed E-state index contributed by atoms with van der Waals surface area (Å²) in [6.07, 6.45) is -2.48. The average Bonchev–Trinajstić information content (AvgIpc) is 2.85. The second-order valence-electron chi connectivity index (χ2n) is 5.07. The van der Waals surface area contributed by atoms with Crippen molar-refractivity contribution >= 4 is 28.7 Å². The average molecular weight is 341 g/mol. The summed E-state index contributed by atoms with van der Waals surface area (Å²) in [7, 11) is 1.60. The highest BCUT2D eigenvalue weighted by atomic mass is 35.5. The number of thioether (sulfide) groups is 1. The lowest BCUT2D eigenvalue weighted by Crippen LogP contribution is -2.86. The third kappa shape index (κ3) is 4.29. The topological polar surface area (TPSA) is 91.1 Å². The monoisotopic (exact) mass is 340 g/mol. The minimum atomic E-state index is -1.000. The Balaban J connectivity index is 1.93. The molecule has 0 aromatic rings. The standard InChI is InChI=1S/C12H22ClN3O4S/c1-3-14-12-15-8-10(18)9(17)7(20-11(8)21-12)6-16(13)4-5-19-2/h7-11,17-18H,3-6H2,1-2H3,(H,14,15)/p+1/t7-,8-,9-,10-,11-/m1/s1. The quantitative estimate of drug-likeness (QED) is 0.515. The summed E-state index contributed by atoms with van der Waals surface area (Å²) in [5.41, 5.74) is -0.265. The molecule has 2 aliphatic heterocycles. The summed E-state index contributed by atoms with van der Waals surface area (Å²) in [5.74, 6) is 0. The number of aliphatic hydroxyl groups is 2. The van der Waals surface area contributed by atoms with Gasteiger partial charge in [-0.2, -0.15) is 0 Å². The van der Waals surface area contributed by atoms with E-state index in [0.717, 1.165) is 11.7 Å². The molecule has 1 fully saturated rings. The molecule has 0 aromatic heterocycles. The number of nitrogens with zero attached hydrogens (tertiary/aromatic N) is 2. The van der Waals surface area contributed by atoms with E-state index in [1.807, 2.05) is 12.2 Å². The van der Waals surface area contributed by atoms with E-state index in [9.17, 15) is 10.2 Å². The van der Waals surface area contributed by atoms with Crippen molar-refractivity contribution in [3.05, 3.63) is 0 Å². The Hall–Kier alpha value is 0.0700. The lowest BCUT2D eigenvalue weighted by molar-refractivity contribution is -0.530. The van der Waals surface area contributed by atoms with Gasteiger partial charge >= 0.3 is 0 Å². The van der Waals surface area contributed by atoms with Gasteiger partial charge in [0.05, 0.1) is 13.2 Å². The van der Waals surface area contributed by atoms with Crippen LogP contribution in [0.15, 0.2) is 4.99 Å². The highest BCUT2D eigenvalue weighted by molar-refractivity contribution is 8.14. The first kappa shape index (κ1) is 17.4. The maximum absolute atomic E-state index is 10.2. The van der Waals surface area contributed by atoms with Gasteiger partial charge in [-0.1, -0.05) is 0 Å². The summed E-state index contributed by atoms with van der Waals surface area (Å²) in [6.45, 7) is 4.24. The minimum Gasteiger partial charge on any atom is -0.388 e. The van der Waals surface area contributed by atoms with Crippen LogP contribution in [0.4, 0.5) is 0 Å². The van der Waals surface area contributed by atoms with Gasteiger partial charge < -0.3 is 19.7 Å². The van der Waals surface area contributed by atoms with Crippen LogP contribution in [0.1, 0.15) is 6.92 Å². The van der Waals surface area contributed by atoms with Crippen molar-refractivity contribution in [1.29, 1.82) is 0 Å². The molecule has 0 aromatic carbocycles. The van der Waals surface area contributed by atoms with Crippen molar-refractivity contribution in [1.82, 2.24) is 4.42 Å².